The Labute approximate surface area is 207 Å². The lowest BCUT2D eigenvalue weighted by molar-refractivity contribution is -0.137. The molecular weight excluding hydrogens is 478 g/mol. The number of carbonyl (C=O) groups excluding carboxylic acids is 1. The van der Waals surface area contributed by atoms with Crippen LogP contribution in [0.3, 0.4) is 0 Å². The first kappa shape index (κ1) is 27.3. The maximum absolute atomic E-state index is 13.8. The molecule has 1 aliphatic rings. The number of halogens is 3. The highest BCUT2D eigenvalue weighted by Crippen LogP contribution is 2.40. The molecule has 0 aromatic heterocycles. The van der Waals surface area contributed by atoms with Gasteiger partial charge in [0.25, 0.3) is 0 Å². The van der Waals surface area contributed by atoms with Crippen molar-refractivity contribution in [1.82, 2.24) is 5.32 Å². The number of carbonyl (C=O) groups is 2. The average Bonchev–Trinajstić information content (AvgIpc) is 3.01. The molecule has 0 atom stereocenters. The Morgan fingerprint density at radius 3 is 2.22 bits per heavy atom. The van der Waals surface area contributed by atoms with Gasteiger partial charge >= 0.3 is 25.4 Å². The van der Waals surface area contributed by atoms with E-state index >= 15 is 0 Å². The normalized spacial score (nSPS) is 17.1. The number of ether oxygens (including phenoxy) is 1. The van der Waals surface area contributed by atoms with Gasteiger partial charge in [0.2, 0.25) is 0 Å². The summed E-state index contributed by atoms with van der Waals surface area (Å²) >= 11 is 0. The molecule has 7 nitrogen and oxygen atoms in total. The molecule has 1 aliphatic heterocycles. The number of carboxylic acids is 1. The predicted molar refractivity (Wildman–Crippen MR) is 127 cm³/mol. The van der Waals surface area contributed by atoms with Crippen LogP contribution in [0.25, 0.3) is 6.08 Å². The Bertz CT molecular complexity index is 1130. The highest BCUT2D eigenvalue weighted by atomic mass is 19.4. The molecule has 192 valence electrons. The van der Waals surface area contributed by atoms with Crippen LogP contribution in [0.4, 0.5) is 18.0 Å². The number of carboxylic acid groups (broad SMARTS) is 1. The molecule has 1 saturated heterocycles. The van der Waals surface area contributed by atoms with Crippen molar-refractivity contribution < 1.29 is 41.9 Å². The monoisotopic (exact) mass is 505 g/mol. The van der Waals surface area contributed by atoms with Crippen LogP contribution < -0.4 is 5.32 Å². The molecule has 0 bridgehead atoms. The van der Waals surface area contributed by atoms with Crippen LogP contribution in [0.1, 0.15) is 54.7 Å². The van der Waals surface area contributed by atoms with Gasteiger partial charge in [0, 0.05) is 6.54 Å². The quantitative estimate of drug-likeness (QED) is 0.494. The molecule has 0 radical (unpaired) electrons. The number of hydrogen-bond donors (Lipinski definition) is 2. The van der Waals surface area contributed by atoms with E-state index in [0.717, 1.165) is 17.7 Å². The molecule has 36 heavy (non-hydrogen) atoms. The van der Waals surface area contributed by atoms with Gasteiger partial charge in [-0.05, 0) is 56.4 Å². The number of alkyl halides is 3. The number of alkyl carbamates (subject to hydrolysis) is 1. The zero-order chi connectivity index (χ0) is 26.7. The van der Waals surface area contributed by atoms with Crippen molar-refractivity contribution in [3.63, 3.8) is 0 Å². The molecule has 0 saturated carbocycles. The average molecular weight is 505 g/mol. The minimum Gasteiger partial charge on any atom is -0.478 e. The van der Waals surface area contributed by atoms with Crippen molar-refractivity contribution in [2.24, 2.45) is 0 Å². The van der Waals surface area contributed by atoms with Crippen LogP contribution in [-0.4, -0.2) is 42.0 Å². The summed E-state index contributed by atoms with van der Waals surface area (Å²) in [4.78, 5) is 23.5. The molecule has 0 aliphatic carbocycles. The van der Waals surface area contributed by atoms with Crippen molar-refractivity contribution in [3.05, 3.63) is 76.3 Å². The van der Waals surface area contributed by atoms with E-state index in [1.165, 1.54) is 6.08 Å². The predicted octanol–water partition coefficient (Wildman–Crippen LogP) is 5.34. The molecule has 1 amide bonds. The number of rotatable bonds is 7. The molecule has 2 aromatic carbocycles. The summed E-state index contributed by atoms with van der Waals surface area (Å²) in [7, 11) is -1.07. The Balaban J connectivity index is 1.90. The maximum atomic E-state index is 13.8. The number of benzene rings is 2. The first-order valence-corrected chi connectivity index (χ1v) is 11.1. The fourth-order valence-corrected chi connectivity index (χ4v) is 3.41. The van der Waals surface area contributed by atoms with E-state index in [1.54, 1.807) is 52.0 Å². The standard InChI is InChI=1S/C25H27BF3NO6/c1-23(2)24(3,4)36-26(35-23)19(14-30-22(33)34-15-16-8-6-5-7-9-16)12-17-10-11-18(21(31)32)13-20(17)25(27,28)29/h5-13H,14-15H2,1-4H3,(H,30,33)(H,31,32). The maximum Gasteiger partial charge on any atom is 0.492 e. The Morgan fingerprint density at radius 1 is 1.06 bits per heavy atom. The summed E-state index contributed by atoms with van der Waals surface area (Å²) in [5.41, 5.74) is -2.55. The fraction of sp³-hybridized carbons (Fsp3) is 0.360. The molecule has 0 spiro atoms. The third kappa shape index (κ3) is 6.47. The molecule has 0 unspecified atom stereocenters. The van der Waals surface area contributed by atoms with E-state index in [4.69, 9.17) is 19.2 Å². The van der Waals surface area contributed by atoms with Gasteiger partial charge < -0.3 is 24.5 Å². The van der Waals surface area contributed by atoms with Crippen LogP contribution in [0.5, 0.6) is 0 Å². The third-order valence-corrected chi connectivity index (χ3v) is 6.15. The largest absolute Gasteiger partial charge is 0.492 e. The summed E-state index contributed by atoms with van der Waals surface area (Å²) in [5, 5.41) is 11.7. The minimum atomic E-state index is -4.82. The van der Waals surface area contributed by atoms with Gasteiger partial charge in [0.05, 0.1) is 22.3 Å². The Morgan fingerprint density at radius 2 is 1.67 bits per heavy atom. The fourth-order valence-electron chi connectivity index (χ4n) is 3.41. The van der Waals surface area contributed by atoms with Crippen LogP contribution in [-0.2, 0) is 26.8 Å². The van der Waals surface area contributed by atoms with E-state index in [0.29, 0.717) is 6.07 Å². The van der Waals surface area contributed by atoms with Gasteiger partial charge in [0.15, 0.2) is 0 Å². The second-order valence-electron chi connectivity index (χ2n) is 9.33. The van der Waals surface area contributed by atoms with Crippen molar-refractivity contribution in [1.29, 1.82) is 0 Å². The van der Waals surface area contributed by atoms with Gasteiger partial charge in [0.1, 0.15) is 6.61 Å². The summed E-state index contributed by atoms with van der Waals surface area (Å²) in [5.74, 6) is -1.48. The highest BCUT2D eigenvalue weighted by molar-refractivity contribution is 6.56. The number of amides is 1. The van der Waals surface area contributed by atoms with Crippen molar-refractivity contribution in [2.45, 2.75) is 51.7 Å². The van der Waals surface area contributed by atoms with Crippen LogP contribution >= 0.6 is 0 Å². The Kier molecular flexibility index (Phi) is 7.85. The first-order chi connectivity index (χ1) is 16.7. The number of aromatic carboxylic acids is 1. The molecular formula is C25H27BF3NO6. The zero-order valence-corrected chi connectivity index (χ0v) is 20.3. The molecule has 1 heterocycles. The smallest absolute Gasteiger partial charge is 0.478 e. The second kappa shape index (κ2) is 10.4. The first-order valence-electron chi connectivity index (χ1n) is 11.1. The summed E-state index contributed by atoms with van der Waals surface area (Å²) in [6.45, 7) is 6.92. The van der Waals surface area contributed by atoms with E-state index in [2.05, 4.69) is 5.32 Å². The molecule has 2 N–H and O–H groups in total. The number of nitrogens with one attached hydrogen (secondary N) is 1. The summed E-state index contributed by atoms with van der Waals surface area (Å²) in [6.07, 6.45) is -4.41. The summed E-state index contributed by atoms with van der Waals surface area (Å²) < 4.78 is 58.5. The van der Waals surface area contributed by atoms with Crippen LogP contribution in [0.15, 0.2) is 54.0 Å². The van der Waals surface area contributed by atoms with E-state index in [9.17, 15) is 22.8 Å². The lowest BCUT2D eigenvalue weighted by Gasteiger charge is -2.32. The van der Waals surface area contributed by atoms with E-state index in [1.807, 2.05) is 6.07 Å². The van der Waals surface area contributed by atoms with E-state index in [-0.39, 0.29) is 24.2 Å². The zero-order valence-electron chi connectivity index (χ0n) is 20.3. The van der Waals surface area contributed by atoms with E-state index < -0.39 is 47.7 Å². The van der Waals surface area contributed by atoms with Crippen molar-refractivity contribution in [3.8, 4) is 0 Å². The SMILES string of the molecule is CC1(C)OB(C(=Cc2ccc(C(=O)O)cc2C(F)(F)F)CNC(=O)OCc2ccccc2)OC1(C)C. The van der Waals surface area contributed by atoms with Gasteiger partial charge in [-0.25, -0.2) is 9.59 Å². The molecule has 11 heteroatoms. The summed E-state index contributed by atoms with van der Waals surface area (Å²) in [6, 6.07) is 11.7. The lowest BCUT2D eigenvalue weighted by atomic mass is 9.76. The van der Waals surface area contributed by atoms with Gasteiger partial charge in [-0.2, -0.15) is 13.2 Å². The molecule has 1 fully saturated rings. The lowest BCUT2D eigenvalue weighted by Crippen LogP contribution is -2.41. The molecule has 2 aromatic rings. The van der Waals surface area contributed by atoms with Gasteiger partial charge in [-0.1, -0.05) is 42.5 Å². The van der Waals surface area contributed by atoms with Crippen LogP contribution in [0, 0.1) is 0 Å². The van der Waals surface area contributed by atoms with Crippen LogP contribution in [0.2, 0.25) is 0 Å². The van der Waals surface area contributed by atoms with Crippen molar-refractivity contribution in [2.75, 3.05) is 6.54 Å². The van der Waals surface area contributed by atoms with Gasteiger partial charge in [-0.3, -0.25) is 0 Å². The Hall–Kier alpha value is -3.31. The highest BCUT2D eigenvalue weighted by Gasteiger charge is 2.52. The third-order valence-electron chi connectivity index (χ3n) is 6.15. The minimum absolute atomic E-state index is 0.0110. The second-order valence-corrected chi connectivity index (χ2v) is 9.33. The topological polar surface area (TPSA) is 94.1 Å². The number of hydrogen-bond acceptors (Lipinski definition) is 5. The molecule has 3 rings (SSSR count). The van der Waals surface area contributed by atoms with Crippen molar-refractivity contribution >= 4 is 25.3 Å². The van der Waals surface area contributed by atoms with Gasteiger partial charge in [-0.15, -0.1) is 0 Å².